The van der Waals surface area contributed by atoms with E-state index in [2.05, 4.69) is 28.0 Å². The molecule has 18 heavy (non-hydrogen) atoms. The van der Waals surface area contributed by atoms with Gasteiger partial charge in [0, 0.05) is 6.54 Å². The number of aromatic nitrogens is 2. The summed E-state index contributed by atoms with van der Waals surface area (Å²) in [5.74, 6) is 0.688. The summed E-state index contributed by atoms with van der Waals surface area (Å²) >= 11 is 9.59. The lowest BCUT2D eigenvalue weighted by Gasteiger charge is -2.09. The third kappa shape index (κ3) is 2.70. The van der Waals surface area contributed by atoms with Crippen LogP contribution in [-0.4, -0.2) is 9.78 Å². The molecule has 0 fully saturated rings. The zero-order valence-corrected chi connectivity index (χ0v) is 12.6. The number of hydrogen-bond donors (Lipinski definition) is 0. The smallest absolute Gasteiger partial charge is 0.138 e. The molecule has 0 aliphatic carbocycles. The summed E-state index contributed by atoms with van der Waals surface area (Å²) in [5.41, 5.74) is 1.99. The Kier molecular flexibility index (Phi) is 4.30. The van der Waals surface area contributed by atoms with Crippen LogP contribution in [0.2, 0.25) is 5.02 Å². The third-order valence-electron chi connectivity index (χ3n) is 2.65. The molecule has 2 rings (SSSR count). The summed E-state index contributed by atoms with van der Waals surface area (Å²) in [6.07, 6.45) is 0. The molecule has 0 bridgehead atoms. The van der Waals surface area contributed by atoms with Crippen LogP contribution in [0.3, 0.4) is 0 Å². The van der Waals surface area contributed by atoms with Gasteiger partial charge in [-0.2, -0.15) is 5.10 Å². The van der Waals surface area contributed by atoms with Gasteiger partial charge in [-0.15, -0.1) is 0 Å². The molecule has 0 atom stereocenters. The first-order valence-electron chi connectivity index (χ1n) is 5.72. The van der Waals surface area contributed by atoms with Gasteiger partial charge in [0.05, 0.1) is 20.9 Å². The van der Waals surface area contributed by atoms with Gasteiger partial charge in [-0.3, -0.25) is 4.68 Å². The summed E-state index contributed by atoms with van der Waals surface area (Å²) in [7, 11) is 0. The SMILES string of the molecule is CCn1nc(C)c(Br)c1COc1ccccc1Cl. The average Bonchev–Trinajstić information content (AvgIpc) is 2.65. The molecular formula is C13H14BrClN2O. The molecule has 0 aliphatic rings. The summed E-state index contributed by atoms with van der Waals surface area (Å²) < 4.78 is 8.66. The highest BCUT2D eigenvalue weighted by Gasteiger charge is 2.13. The topological polar surface area (TPSA) is 27.1 Å². The van der Waals surface area contributed by atoms with Crippen molar-refractivity contribution in [3.8, 4) is 5.75 Å². The quantitative estimate of drug-likeness (QED) is 0.840. The van der Waals surface area contributed by atoms with Gasteiger partial charge in [-0.05, 0) is 41.9 Å². The van der Waals surface area contributed by atoms with E-state index in [1.54, 1.807) is 0 Å². The Bertz CT molecular complexity index is 554. The molecular weight excluding hydrogens is 316 g/mol. The van der Waals surface area contributed by atoms with Crippen molar-refractivity contribution in [2.75, 3.05) is 0 Å². The van der Waals surface area contributed by atoms with Crippen LogP contribution >= 0.6 is 27.5 Å². The minimum atomic E-state index is 0.443. The third-order valence-corrected chi connectivity index (χ3v) is 4.00. The lowest BCUT2D eigenvalue weighted by molar-refractivity contribution is 0.292. The molecule has 1 aromatic heterocycles. The van der Waals surface area contributed by atoms with Crippen molar-refractivity contribution < 1.29 is 4.74 Å². The number of ether oxygens (including phenoxy) is 1. The number of halogens is 2. The van der Waals surface area contributed by atoms with Gasteiger partial charge < -0.3 is 4.74 Å². The Balaban J connectivity index is 2.18. The van der Waals surface area contributed by atoms with E-state index in [9.17, 15) is 0 Å². The molecule has 0 saturated heterocycles. The molecule has 0 amide bonds. The van der Waals surface area contributed by atoms with E-state index in [0.29, 0.717) is 17.4 Å². The van der Waals surface area contributed by atoms with Crippen molar-refractivity contribution >= 4 is 27.5 Å². The van der Waals surface area contributed by atoms with Crippen LogP contribution in [0.1, 0.15) is 18.3 Å². The lowest BCUT2D eigenvalue weighted by Crippen LogP contribution is -2.06. The second-order valence-corrected chi connectivity index (χ2v) is 5.08. The molecule has 2 aromatic rings. The van der Waals surface area contributed by atoms with Crippen molar-refractivity contribution in [1.29, 1.82) is 0 Å². The predicted molar refractivity (Wildman–Crippen MR) is 76.1 cm³/mol. The van der Waals surface area contributed by atoms with E-state index in [4.69, 9.17) is 16.3 Å². The molecule has 5 heteroatoms. The number of benzene rings is 1. The normalized spacial score (nSPS) is 10.7. The molecule has 1 heterocycles. The summed E-state index contributed by atoms with van der Waals surface area (Å²) in [6, 6.07) is 7.45. The highest BCUT2D eigenvalue weighted by Crippen LogP contribution is 2.26. The van der Waals surface area contributed by atoms with Gasteiger partial charge in [0.1, 0.15) is 12.4 Å². The fourth-order valence-corrected chi connectivity index (χ4v) is 2.30. The van der Waals surface area contributed by atoms with Crippen molar-refractivity contribution in [3.63, 3.8) is 0 Å². The first kappa shape index (κ1) is 13.4. The van der Waals surface area contributed by atoms with Gasteiger partial charge >= 0.3 is 0 Å². The molecule has 0 unspecified atom stereocenters. The van der Waals surface area contributed by atoms with E-state index in [1.807, 2.05) is 35.9 Å². The Morgan fingerprint density at radius 3 is 2.78 bits per heavy atom. The van der Waals surface area contributed by atoms with E-state index in [-0.39, 0.29) is 0 Å². The number of para-hydroxylation sites is 1. The van der Waals surface area contributed by atoms with E-state index < -0.39 is 0 Å². The highest BCUT2D eigenvalue weighted by molar-refractivity contribution is 9.10. The monoisotopic (exact) mass is 328 g/mol. The molecule has 0 spiro atoms. The van der Waals surface area contributed by atoms with Gasteiger partial charge in [0.15, 0.2) is 0 Å². The average molecular weight is 330 g/mol. The van der Waals surface area contributed by atoms with Crippen LogP contribution in [0.4, 0.5) is 0 Å². The van der Waals surface area contributed by atoms with Crippen LogP contribution in [0.15, 0.2) is 28.7 Å². The van der Waals surface area contributed by atoms with Crippen LogP contribution < -0.4 is 4.74 Å². The molecule has 96 valence electrons. The Morgan fingerprint density at radius 1 is 1.39 bits per heavy atom. The predicted octanol–water partition coefficient (Wildman–Crippen LogP) is 4.21. The van der Waals surface area contributed by atoms with Crippen molar-refractivity contribution in [3.05, 3.63) is 45.1 Å². The van der Waals surface area contributed by atoms with Crippen LogP contribution in [-0.2, 0) is 13.2 Å². The van der Waals surface area contributed by atoms with E-state index >= 15 is 0 Å². The summed E-state index contributed by atoms with van der Waals surface area (Å²) in [6.45, 7) is 5.28. The Morgan fingerprint density at radius 2 is 2.11 bits per heavy atom. The zero-order valence-electron chi connectivity index (χ0n) is 10.3. The maximum atomic E-state index is 6.05. The van der Waals surface area contributed by atoms with Gasteiger partial charge in [-0.1, -0.05) is 23.7 Å². The largest absolute Gasteiger partial charge is 0.486 e. The first-order valence-corrected chi connectivity index (χ1v) is 6.89. The van der Waals surface area contributed by atoms with E-state index in [1.165, 1.54) is 0 Å². The molecule has 0 aliphatic heterocycles. The molecule has 0 saturated carbocycles. The lowest BCUT2D eigenvalue weighted by atomic mass is 10.3. The van der Waals surface area contributed by atoms with Crippen LogP contribution in [0, 0.1) is 6.92 Å². The standard InChI is InChI=1S/C13H14BrClN2O/c1-3-17-11(13(14)9(2)16-17)8-18-12-7-5-4-6-10(12)15/h4-7H,3,8H2,1-2H3. The van der Waals surface area contributed by atoms with Gasteiger partial charge in [0.25, 0.3) is 0 Å². The minimum absolute atomic E-state index is 0.443. The van der Waals surface area contributed by atoms with Crippen LogP contribution in [0.5, 0.6) is 5.75 Å². The summed E-state index contributed by atoms with van der Waals surface area (Å²) in [4.78, 5) is 0. The minimum Gasteiger partial charge on any atom is -0.486 e. The van der Waals surface area contributed by atoms with Gasteiger partial charge in [-0.25, -0.2) is 0 Å². The number of nitrogens with zero attached hydrogens (tertiary/aromatic N) is 2. The summed E-state index contributed by atoms with van der Waals surface area (Å²) in [5, 5.41) is 5.04. The molecule has 1 aromatic carbocycles. The number of aryl methyl sites for hydroxylation is 2. The van der Waals surface area contributed by atoms with Gasteiger partial charge in [0.2, 0.25) is 0 Å². The maximum absolute atomic E-state index is 6.05. The van der Waals surface area contributed by atoms with Crippen molar-refractivity contribution in [2.24, 2.45) is 0 Å². The number of rotatable bonds is 4. The van der Waals surface area contributed by atoms with Crippen LogP contribution in [0.25, 0.3) is 0 Å². The maximum Gasteiger partial charge on any atom is 0.138 e. The first-order chi connectivity index (χ1) is 8.63. The molecule has 0 N–H and O–H groups in total. The molecule has 0 radical (unpaired) electrons. The fraction of sp³-hybridized carbons (Fsp3) is 0.308. The van der Waals surface area contributed by atoms with E-state index in [0.717, 1.165) is 22.4 Å². The fourth-order valence-electron chi connectivity index (χ4n) is 1.71. The highest BCUT2D eigenvalue weighted by atomic mass is 79.9. The Labute approximate surface area is 120 Å². The number of hydrogen-bond acceptors (Lipinski definition) is 2. The molecule has 3 nitrogen and oxygen atoms in total. The second-order valence-electron chi connectivity index (χ2n) is 3.88. The van der Waals surface area contributed by atoms with Crippen molar-refractivity contribution in [2.45, 2.75) is 27.0 Å². The Hall–Kier alpha value is -1.00. The zero-order chi connectivity index (χ0) is 13.1. The second kappa shape index (κ2) is 5.76. The van der Waals surface area contributed by atoms with Crippen molar-refractivity contribution in [1.82, 2.24) is 9.78 Å².